The van der Waals surface area contributed by atoms with Gasteiger partial charge in [0, 0.05) is 26.2 Å². The molecule has 0 radical (unpaired) electrons. The molecular formula is C15H22N4. The molecule has 0 amide bonds. The van der Waals surface area contributed by atoms with Crippen LogP contribution >= 0.6 is 0 Å². The molecule has 1 aliphatic rings. The third-order valence-corrected chi connectivity index (χ3v) is 3.96. The third kappa shape index (κ3) is 2.32. The number of anilines is 1. The minimum absolute atomic E-state index is 0.507. The molecule has 0 saturated carbocycles. The lowest BCUT2D eigenvalue weighted by molar-refractivity contribution is 0.311. The average molecular weight is 258 g/mol. The zero-order chi connectivity index (χ0) is 13.4. The van der Waals surface area contributed by atoms with Gasteiger partial charge in [-0.15, -0.1) is 0 Å². The highest BCUT2D eigenvalue weighted by atomic mass is 15.3. The number of rotatable bonds is 2. The molecule has 1 fully saturated rings. The summed E-state index contributed by atoms with van der Waals surface area (Å²) in [6.45, 7) is 8.75. The Morgan fingerprint density at radius 2 is 1.89 bits per heavy atom. The summed E-state index contributed by atoms with van der Waals surface area (Å²) in [6.07, 6.45) is 0. The number of nitrogens with one attached hydrogen (secondary N) is 1. The Labute approximate surface area is 114 Å². The van der Waals surface area contributed by atoms with Crippen molar-refractivity contribution in [1.29, 1.82) is 0 Å². The molecule has 3 rings (SSSR count). The van der Waals surface area contributed by atoms with Gasteiger partial charge in [-0.25, -0.2) is 4.98 Å². The molecule has 1 saturated heterocycles. The van der Waals surface area contributed by atoms with Gasteiger partial charge in [-0.2, -0.15) is 0 Å². The van der Waals surface area contributed by atoms with E-state index in [1.807, 2.05) is 0 Å². The van der Waals surface area contributed by atoms with E-state index in [-0.39, 0.29) is 0 Å². The van der Waals surface area contributed by atoms with Gasteiger partial charge in [0.15, 0.2) is 0 Å². The third-order valence-electron chi connectivity index (χ3n) is 3.96. The minimum Gasteiger partial charge on any atom is -0.340 e. The molecule has 1 aromatic heterocycles. The Morgan fingerprint density at radius 3 is 2.58 bits per heavy atom. The highest BCUT2D eigenvalue weighted by Crippen LogP contribution is 2.26. The van der Waals surface area contributed by atoms with E-state index in [0.29, 0.717) is 5.92 Å². The summed E-state index contributed by atoms with van der Waals surface area (Å²) in [5, 5.41) is 0. The molecule has 1 aromatic carbocycles. The zero-order valence-electron chi connectivity index (χ0n) is 12.0. The Morgan fingerprint density at radius 1 is 1.16 bits per heavy atom. The molecule has 2 heterocycles. The molecule has 0 aliphatic carbocycles. The van der Waals surface area contributed by atoms with E-state index in [9.17, 15) is 0 Å². The molecule has 19 heavy (non-hydrogen) atoms. The molecule has 0 atom stereocenters. The smallest absolute Gasteiger partial charge is 0.203 e. The standard InChI is InChI=1S/C15H22N4/c1-11(2)12-5-4-6-13-14(12)17-15(16-13)19-9-7-18(3)8-10-19/h4-6,11H,7-10H2,1-3H3,(H,16,17). The van der Waals surface area contributed by atoms with Crippen molar-refractivity contribution in [1.82, 2.24) is 14.9 Å². The van der Waals surface area contributed by atoms with Gasteiger partial charge in [-0.3, -0.25) is 0 Å². The van der Waals surface area contributed by atoms with Gasteiger partial charge in [0.05, 0.1) is 11.0 Å². The first kappa shape index (κ1) is 12.5. The van der Waals surface area contributed by atoms with Crippen LogP contribution in [0.4, 0.5) is 5.95 Å². The van der Waals surface area contributed by atoms with Crippen LogP contribution in [0.1, 0.15) is 25.3 Å². The fraction of sp³-hybridized carbons (Fsp3) is 0.533. The predicted molar refractivity (Wildman–Crippen MR) is 79.9 cm³/mol. The first-order valence-corrected chi connectivity index (χ1v) is 7.07. The fourth-order valence-electron chi connectivity index (χ4n) is 2.68. The lowest BCUT2D eigenvalue weighted by atomic mass is 10.0. The van der Waals surface area contributed by atoms with Gasteiger partial charge in [0.25, 0.3) is 0 Å². The first-order valence-electron chi connectivity index (χ1n) is 7.07. The van der Waals surface area contributed by atoms with E-state index in [1.165, 1.54) is 5.56 Å². The van der Waals surface area contributed by atoms with Gasteiger partial charge in [0.1, 0.15) is 0 Å². The molecule has 4 nitrogen and oxygen atoms in total. The number of H-pyrrole nitrogens is 1. The van der Waals surface area contributed by atoms with E-state index in [1.54, 1.807) is 0 Å². The van der Waals surface area contributed by atoms with E-state index in [0.717, 1.165) is 43.2 Å². The average Bonchev–Trinajstić information content (AvgIpc) is 2.82. The second kappa shape index (κ2) is 4.85. The van der Waals surface area contributed by atoms with Gasteiger partial charge in [-0.1, -0.05) is 26.0 Å². The molecule has 0 unspecified atom stereocenters. The van der Waals surface area contributed by atoms with Crippen molar-refractivity contribution in [2.75, 3.05) is 38.1 Å². The number of hydrogen-bond acceptors (Lipinski definition) is 3. The number of fused-ring (bicyclic) bond motifs is 1. The van der Waals surface area contributed by atoms with Gasteiger partial charge in [0.2, 0.25) is 5.95 Å². The van der Waals surface area contributed by atoms with Crippen LogP contribution in [-0.4, -0.2) is 48.1 Å². The molecular weight excluding hydrogens is 236 g/mol. The van der Waals surface area contributed by atoms with Crippen LogP contribution in [0.15, 0.2) is 18.2 Å². The number of imidazole rings is 1. The molecule has 4 heteroatoms. The van der Waals surface area contributed by atoms with Gasteiger partial charge >= 0.3 is 0 Å². The molecule has 102 valence electrons. The van der Waals surface area contributed by atoms with Crippen LogP contribution in [0.3, 0.4) is 0 Å². The van der Waals surface area contributed by atoms with Gasteiger partial charge < -0.3 is 14.8 Å². The van der Waals surface area contributed by atoms with Crippen molar-refractivity contribution < 1.29 is 0 Å². The van der Waals surface area contributed by atoms with Gasteiger partial charge in [-0.05, 0) is 24.6 Å². The van der Waals surface area contributed by atoms with E-state index in [2.05, 4.69) is 53.9 Å². The highest BCUT2D eigenvalue weighted by Gasteiger charge is 2.18. The van der Waals surface area contributed by atoms with Crippen LogP contribution in [0.25, 0.3) is 11.0 Å². The second-order valence-electron chi connectivity index (χ2n) is 5.75. The van der Waals surface area contributed by atoms with E-state index in [4.69, 9.17) is 4.98 Å². The Balaban J connectivity index is 1.95. The number of nitrogens with zero attached hydrogens (tertiary/aromatic N) is 3. The molecule has 1 N–H and O–H groups in total. The highest BCUT2D eigenvalue weighted by molar-refractivity contribution is 5.81. The summed E-state index contributed by atoms with van der Waals surface area (Å²) >= 11 is 0. The molecule has 1 aliphatic heterocycles. The molecule has 0 spiro atoms. The number of likely N-dealkylation sites (N-methyl/N-ethyl adjacent to an activating group) is 1. The van der Waals surface area contributed by atoms with Crippen molar-refractivity contribution in [2.24, 2.45) is 0 Å². The maximum absolute atomic E-state index is 4.83. The topological polar surface area (TPSA) is 35.2 Å². The maximum Gasteiger partial charge on any atom is 0.203 e. The second-order valence-corrected chi connectivity index (χ2v) is 5.75. The number of aromatic nitrogens is 2. The summed E-state index contributed by atoms with van der Waals surface area (Å²) in [4.78, 5) is 13.0. The molecule has 0 bridgehead atoms. The summed E-state index contributed by atoms with van der Waals surface area (Å²) in [5.41, 5.74) is 3.61. The van der Waals surface area contributed by atoms with E-state index < -0.39 is 0 Å². The van der Waals surface area contributed by atoms with Crippen LogP contribution in [0, 0.1) is 0 Å². The van der Waals surface area contributed by atoms with Crippen molar-refractivity contribution >= 4 is 17.0 Å². The van der Waals surface area contributed by atoms with Crippen molar-refractivity contribution in [3.8, 4) is 0 Å². The summed E-state index contributed by atoms with van der Waals surface area (Å²) < 4.78 is 0. The van der Waals surface area contributed by atoms with Crippen LogP contribution < -0.4 is 4.90 Å². The summed E-state index contributed by atoms with van der Waals surface area (Å²) in [7, 11) is 2.17. The monoisotopic (exact) mass is 258 g/mol. The van der Waals surface area contributed by atoms with Crippen molar-refractivity contribution in [3.05, 3.63) is 23.8 Å². The first-order chi connectivity index (χ1) is 9.15. The predicted octanol–water partition coefficient (Wildman–Crippen LogP) is 2.44. The summed E-state index contributed by atoms with van der Waals surface area (Å²) in [6, 6.07) is 6.42. The van der Waals surface area contributed by atoms with Crippen LogP contribution in [-0.2, 0) is 0 Å². The lowest BCUT2D eigenvalue weighted by Crippen LogP contribution is -2.44. The maximum atomic E-state index is 4.83. The van der Waals surface area contributed by atoms with Crippen LogP contribution in [0.2, 0.25) is 0 Å². The number of hydrogen-bond donors (Lipinski definition) is 1. The number of para-hydroxylation sites is 1. The van der Waals surface area contributed by atoms with Crippen molar-refractivity contribution in [3.63, 3.8) is 0 Å². The van der Waals surface area contributed by atoms with E-state index >= 15 is 0 Å². The Bertz CT molecular complexity index is 565. The SMILES string of the molecule is CC(C)c1cccc2[nH]c(N3CCN(C)CC3)nc12. The van der Waals surface area contributed by atoms with Crippen molar-refractivity contribution in [2.45, 2.75) is 19.8 Å². The normalized spacial score (nSPS) is 17.6. The fourth-order valence-corrected chi connectivity index (χ4v) is 2.68. The zero-order valence-corrected chi connectivity index (χ0v) is 12.0. The number of piperazine rings is 1. The lowest BCUT2D eigenvalue weighted by Gasteiger charge is -2.32. The van der Waals surface area contributed by atoms with Crippen LogP contribution in [0.5, 0.6) is 0 Å². The number of aromatic amines is 1. The summed E-state index contributed by atoms with van der Waals surface area (Å²) in [5.74, 6) is 1.53. The molecule has 2 aromatic rings. The number of benzene rings is 1. The Hall–Kier alpha value is -1.55. The largest absolute Gasteiger partial charge is 0.340 e. The quantitative estimate of drug-likeness (QED) is 0.898. The minimum atomic E-state index is 0.507. The Kier molecular flexibility index (Phi) is 3.19.